The first kappa shape index (κ1) is 18.3. The summed E-state index contributed by atoms with van der Waals surface area (Å²) in [5, 5.41) is 8.14. The molecule has 0 bridgehead atoms. The molecule has 0 atom stereocenters. The van der Waals surface area contributed by atoms with E-state index in [0.717, 1.165) is 38.4 Å². The summed E-state index contributed by atoms with van der Waals surface area (Å²) in [5.41, 5.74) is 6.49. The minimum atomic E-state index is 1.01. The predicted octanol–water partition coefficient (Wildman–Crippen LogP) is 8.22. The molecular weight excluding hydrogens is 400 g/mol. The van der Waals surface area contributed by atoms with Crippen LogP contribution in [0.15, 0.2) is 103 Å². The van der Waals surface area contributed by atoms with Crippen molar-refractivity contribution in [2.45, 2.75) is 6.92 Å². The fourth-order valence-corrected chi connectivity index (χ4v) is 5.24. The van der Waals surface area contributed by atoms with Gasteiger partial charge in [-0.3, -0.25) is 4.98 Å². The van der Waals surface area contributed by atoms with E-state index in [4.69, 9.17) is 9.97 Å². The quantitative estimate of drug-likeness (QED) is 0.197. The van der Waals surface area contributed by atoms with Crippen LogP contribution in [0.25, 0.3) is 65.4 Å². The third-order valence-electron chi connectivity index (χ3n) is 6.74. The molecule has 7 aromatic rings. The summed E-state index contributed by atoms with van der Waals surface area (Å²) >= 11 is 0. The zero-order valence-corrected chi connectivity index (χ0v) is 18.2. The normalized spacial score (nSPS) is 11.8. The minimum absolute atomic E-state index is 1.01. The van der Waals surface area contributed by atoms with Crippen LogP contribution in [0.3, 0.4) is 0 Å². The lowest BCUT2D eigenvalue weighted by atomic mass is 9.92. The number of pyridine rings is 2. The van der Waals surface area contributed by atoms with Crippen molar-refractivity contribution in [3.8, 4) is 11.1 Å². The molecule has 2 heteroatoms. The standard InChI is InChI=1S/C31H20N2/c1-19-27-28(22-11-3-2-4-12-22)25-17-15-20-9-5-7-13-23(20)29(25)33-31(27)26-18-16-21-10-6-8-14-24(21)30(26)32-19/h2-18H,1H3. The maximum Gasteiger partial charge on any atom is 0.0828 e. The van der Waals surface area contributed by atoms with Crippen molar-refractivity contribution >= 4 is 54.3 Å². The molecule has 0 saturated heterocycles. The van der Waals surface area contributed by atoms with Crippen molar-refractivity contribution < 1.29 is 0 Å². The third-order valence-corrected chi connectivity index (χ3v) is 6.74. The summed E-state index contributed by atoms with van der Waals surface area (Å²) in [7, 11) is 0. The van der Waals surface area contributed by atoms with E-state index >= 15 is 0 Å². The monoisotopic (exact) mass is 420 g/mol. The summed E-state index contributed by atoms with van der Waals surface area (Å²) in [6.45, 7) is 2.12. The van der Waals surface area contributed by atoms with Crippen LogP contribution in [-0.4, -0.2) is 9.97 Å². The van der Waals surface area contributed by atoms with Gasteiger partial charge in [-0.15, -0.1) is 0 Å². The van der Waals surface area contributed by atoms with Crippen molar-refractivity contribution in [1.82, 2.24) is 9.97 Å². The molecule has 0 N–H and O–H groups in total. The summed E-state index contributed by atoms with van der Waals surface area (Å²) in [5.74, 6) is 0. The number of rotatable bonds is 1. The maximum absolute atomic E-state index is 5.35. The van der Waals surface area contributed by atoms with Crippen molar-refractivity contribution in [2.24, 2.45) is 0 Å². The minimum Gasteiger partial charge on any atom is -0.252 e. The zero-order valence-electron chi connectivity index (χ0n) is 18.2. The smallest absolute Gasteiger partial charge is 0.0828 e. The van der Waals surface area contributed by atoms with Gasteiger partial charge in [0.25, 0.3) is 0 Å². The van der Waals surface area contributed by atoms with E-state index in [1.165, 1.54) is 32.7 Å². The van der Waals surface area contributed by atoms with Crippen molar-refractivity contribution in [1.29, 1.82) is 0 Å². The number of aryl methyl sites for hydroxylation is 1. The van der Waals surface area contributed by atoms with E-state index in [1.54, 1.807) is 0 Å². The van der Waals surface area contributed by atoms with Gasteiger partial charge in [-0.1, -0.05) is 97.1 Å². The lowest BCUT2D eigenvalue weighted by Crippen LogP contribution is -1.96. The maximum atomic E-state index is 5.35. The largest absolute Gasteiger partial charge is 0.252 e. The first-order valence-electron chi connectivity index (χ1n) is 11.3. The Kier molecular flexibility index (Phi) is 3.80. The number of aromatic nitrogens is 2. The average molecular weight is 421 g/mol. The molecule has 7 rings (SSSR count). The predicted molar refractivity (Wildman–Crippen MR) is 140 cm³/mol. The van der Waals surface area contributed by atoms with Crippen molar-refractivity contribution in [3.63, 3.8) is 0 Å². The topological polar surface area (TPSA) is 25.8 Å². The van der Waals surface area contributed by atoms with E-state index in [9.17, 15) is 0 Å². The highest BCUT2D eigenvalue weighted by atomic mass is 14.8. The van der Waals surface area contributed by atoms with Gasteiger partial charge in [0.1, 0.15) is 0 Å². The Balaban J connectivity index is 1.79. The molecule has 154 valence electrons. The molecule has 2 heterocycles. The number of hydrogen-bond donors (Lipinski definition) is 0. The van der Waals surface area contributed by atoms with Crippen LogP contribution in [-0.2, 0) is 0 Å². The van der Waals surface area contributed by atoms with E-state index in [0.29, 0.717) is 0 Å². The van der Waals surface area contributed by atoms with Crippen molar-refractivity contribution in [2.75, 3.05) is 0 Å². The van der Waals surface area contributed by atoms with Gasteiger partial charge in [0.15, 0.2) is 0 Å². The van der Waals surface area contributed by atoms with E-state index < -0.39 is 0 Å². The van der Waals surface area contributed by atoms with Gasteiger partial charge >= 0.3 is 0 Å². The Morgan fingerprint density at radius 2 is 1.03 bits per heavy atom. The zero-order chi connectivity index (χ0) is 21.9. The van der Waals surface area contributed by atoms with Crippen LogP contribution >= 0.6 is 0 Å². The molecule has 0 aliphatic heterocycles. The Hall–Kier alpha value is -4.30. The van der Waals surface area contributed by atoms with E-state index in [1.807, 2.05) is 0 Å². The van der Waals surface area contributed by atoms with Crippen LogP contribution in [0.4, 0.5) is 0 Å². The highest BCUT2D eigenvalue weighted by Gasteiger charge is 2.18. The number of benzene rings is 5. The molecule has 0 spiro atoms. The van der Waals surface area contributed by atoms with Crippen LogP contribution in [0.1, 0.15) is 5.69 Å². The molecule has 0 radical (unpaired) electrons. The molecular formula is C31H20N2. The van der Waals surface area contributed by atoms with Gasteiger partial charge in [-0.25, -0.2) is 4.98 Å². The molecule has 0 amide bonds. The summed E-state index contributed by atoms with van der Waals surface area (Å²) < 4.78 is 0. The van der Waals surface area contributed by atoms with Gasteiger partial charge < -0.3 is 0 Å². The third kappa shape index (κ3) is 2.61. The highest BCUT2D eigenvalue weighted by molar-refractivity contribution is 6.23. The molecule has 33 heavy (non-hydrogen) atoms. The summed E-state index contributed by atoms with van der Waals surface area (Å²) in [6, 6.07) is 36.4. The van der Waals surface area contributed by atoms with Gasteiger partial charge in [-0.2, -0.15) is 0 Å². The van der Waals surface area contributed by atoms with Crippen molar-refractivity contribution in [3.05, 3.63) is 109 Å². The van der Waals surface area contributed by atoms with Crippen LogP contribution in [0.2, 0.25) is 0 Å². The molecule has 0 fully saturated rings. The Morgan fingerprint density at radius 3 is 1.73 bits per heavy atom. The average Bonchev–Trinajstić information content (AvgIpc) is 2.88. The molecule has 0 unspecified atom stereocenters. The first-order valence-corrected chi connectivity index (χ1v) is 11.3. The second-order valence-corrected chi connectivity index (χ2v) is 8.64. The SMILES string of the molecule is Cc1nc2c3ccccc3ccc2c2nc3c(ccc4ccccc43)c(-c3ccccc3)c12. The molecule has 2 nitrogen and oxygen atoms in total. The molecule has 0 saturated carbocycles. The molecule has 5 aromatic carbocycles. The number of fused-ring (bicyclic) bond motifs is 8. The van der Waals surface area contributed by atoms with E-state index in [-0.39, 0.29) is 0 Å². The van der Waals surface area contributed by atoms with Crippen LogP contribution in [0, 0.1) is 6.92 Å². The second-order valence-electron chi connectivity index (χ2n) is 8.64. The summed E-state index contributed by atoms with van der Waals surface area (Å²) in [4.78, 5) is 10.5. The summed E-state index contributed by atoms with van der Waals surface area (Å²) in [6.07, 6.45) is 0. The first-order chi connectivity index (χ1) is 16.3. The van der Waals surface area contributed by atoms with Crippen LogP contribution in [0.5, 0.6) is 0 Å². The van der Waals surface area contributed by atoms with Crippen LogP contribution < -0.4 is 0 Å². The fourth-order valence-electron chi connectivity index (χ4n) is 5.24. The fraction of sp³-hybridized carbons (Fsp3) is 0.0323. The lowest BCUT2D eigenvalue weighted by molar-refractivity contribution is 1.29. The number of hydrogen-bond acceptors (Lipinski definition) is 2. The Labute approximate surface area is 191 Å². The molecule has 0 aliphatic carbocycles. The van der Waals surface area contributed by atoms with Gasteiger partial charge in [0.2, 0.25) is 0 Å². The Morgan fingerprint density at radius 1 is 0.455 bits per heavy atom. The van der Waals surface area contributed by atoms with Gasteiger partial charge in [0, 0.05) is 38.2 Å². The Bertz CT molecular complexity index is 1870. The highest BCUT2D eigenvalue weighted by Crippen LogP contribution is 2.41. The van der Waals surface area contributed by atoms with Gasteiger partial charge in [-0.05, 0) is 29.3 Å². The molecule has 0 aliphatic rings. The number of nitrogens with zero attached hydrogens (tertiary/aromatic N) is 2. The lowest BCUT2D eigenvalue weighted by Gasteiger charge is -2.16. The van der Waals surface area contributed by atoms with Gasteiger partial charge in [0.05, 0.1) is 16.6 Å². The second kappa shape index (κ2) is 6.85. The van der Waals surface area contributed by atoms with E-state index in [2.05, 4.69) is 110 Å². The molecule has 2 aromatic heterocycles.